The van der Waals surface area contributed by atoms with E-state index in [1.54, 1.807) is 0 Å². The highest BCUT2D eigenvalue weighted by atomic mass is 14.9. The summed E-state index contributed by atoms with van der Waals surface area (Å²) in [6.45, 7) is 20.9. The van der Waals surface area contributed by atoms with Crippen LogP contribution in [0.15, 0.2) is 35.8 Å². The van der Waals surface area contributed by atoms with Crippen molar-refractivity contribution in [3.05, 3.63) is 75.9 Å². The van der Waals surface area contributed by atoms with Crippen LogP contribution in [-0.4, -0.2) is 32.2 Å². The average Bonchev–Trinajstić information content (AvgIpc) is 3.66. The second-order valence-electron chi connectivity index (χ2n) is 11.2. The Morgan fingerprint density at radius 2 is 1.38 bits per heavy atom. The highest BCUT2D eigenvalue weighted by Crippen LogP contribution is 2.47. The lowest BCUT2D eigenvalue weighted by atomic mass is 9.74. The molecule has 5 nitrogen and oxygen atoms in total. The van der Waals surface area contributed by atoms with Gasteiger partial charge in [-0.15, -0.1) is 0 Å². The molecule has 6 rings (SSSR count). The van der Waals surface area contributed by atoms with Gasteiger partial charge in [-0.2, -0.15) is 0 Å². The van der Waals surface area contributed by atoms with Crippen molar-refractivity contribution in [3.63, 3.8) is 0 Å². The third-order valence-corrected chi connectivity index (χ3v) is 9.43. The van der Waals surface area contributed by atoms with E-state index in [2.05, 4.69) is 89.3 Å². The van der Waals surface area contributed by atoms with Crippen LogP contribution in [0, 0.1) is 13.8 Å². The van der Waals surface area contributed by atoms with Gasteiger partial charge in [0, 0.05) is 34.3 Å². The number of aryl methyl sites for hydroxylation is 4. The largest absolute Gasteiger partial charge is 0.355 e. The summed E-state index contributed by atoms with van der Waals surface area (Å²) in [4.78, 5) is 22.8. The van der Waals surface area contributed by atoms with Gasteiger partial charge in [0.1, 0.15) is 0 Å². The molecule has 3 aliphatic rings. The molecule has 0 aromatic carbocycles. The number of H-pyrrole nitrogens is 2. The SMILES string of the molecule is C=C1c2cc3nc(cc4[nH]c(cc5[nH]c(cc(n2)C12CCN=C2C)c(CC)c5C)c(C)c4CC)C(CC)=C3C. The number of allylic oxidation sites excluding steroid dienone is 3. The highest BCUT2D eigenvalue weighted by molar-refractivity contribution is 6.07. The molecule has 0 saturated heterocycles. The third-order valence-electron chi connectivity index (χ3n) is 9.43. The first-order valence-electron chi connectivity index (χ1n) is 14.4. The minimum absolute atomic E-state index is 0.350. The van der Waals surface area contributed by atoms with Crippen molar-refractivity contribution in [2.24, 2.45) is 4.99 Å². The number of hydrogen-bond donors (Lipinski definition) is 2. The van der Waals surface area contributed by atoms with E-state index in [1.807, 2.05) is 0 Å². The fraction of sp³-hybridized carbons (Fsp3) is 0.382. The number of nitrogens with one attached hydrogen (secondary N) is 2. The number of rotatable bonds is 3. The molecular weight excluding hydrogens is 478 g/mol. The van der Waals surface area contributed by atoms with Crippen molar-refractivity contribution in [2.45, 2.75) is 79.6 Å². The molecule has 5 heteroatoms. The summed E-state index contributed by atoms with van der Waals surface area (Å²) in [7, 11) is 0. The smallest absolute Gasteiger partial charge is 0.0783 e. The molecule has 39 heavy (non-hydrogen) atoms. The van der Waals surface area contributed by atoms with Gasteiger partial charge in [-0.25, -0.2) is 4.98 Å². The van der Waals surface area contributed by atoms with Crippen LogP contribution in [0.5, 0.6) is 0 Å². The third kappa shape index (κ3) is 3.62. The Morgan fingerprint density at radius 3 is 1.95 bits per heavy atom. The molecule has 6 heterocycles. The van der Waals surface area contributed by atoms with Gasteiger partial charge in [-0.05, 0) is 117 Å². The van der Waals surface area contributed by atoms with Crippen molar-refractivity contribution in [2.75, 3.05) is 6.54 Å². The first kappa shape index (κ1) is 25.5. The zero-order valence-electron chi connectivity index (χ0n) is 24.4. The van der Waals surface area contributed by atoms with Gasteiger partial charge in [0.25, 0.3) is 0 Å². The molecule has 0 aliphatic carbocycles. The molecule has 2 N–H and O–H groups in total. The van der Waals surface area contributed by atoms with Crippen molar-refractivity contribution >= 4 is 44.5 Å². The lowest BCUT2D eigenvalue weighted by Crippen LogP contribution is -2.29. The summed E-state index contributed by atoms with van der Waals surface area (Å²) in [5, 5.41) is 0. The van der Waals surface area contributed by atoms with Gasteiger partial charge in [0.2, 0.25) is 0 Å². The normalized spacial score (nSPS) is 18.9. The van der Waals surface area contributed by atoms with Crippen LogP contribution in [0.2, 0.25) is 0 Å². The van der Waals surface area contributed by atoms with Gasteiger partial charge in [0.15, 0.2) is 0 Å². The maximum Gasteiger partial charge on any atom is 0.0783 e. The standard InChI is InChI=1S/C34H39N5/c1-9-23-18(4)26-14-27-20(6)25(11-3)32(38-27)17-33-34(12-13-35-22(34)8)21(7)29(39-33)15-28-19(5)24(10-2)31(37-28)16-30(23)36-26/h14-17,36,38H,7,9-13H2,1-6,8H3. The Balaban J connectivity index is 1.81. The van der Waals surface area contributed by atoms with Crippen LogP contribution >= 0.6 is 0 Å². The zero-order valence-corrected chi connectivity index (χ0v) is 24.4. The van der Waals surface area contributed by atoms with Gasteiger partial charge >= 0.3 is 0 Å². The molecule has 1 unspecified atom stereocenters. The summed E-state index contributed by atoms with van der Waals surface area (Å²) in [6.07, 6.45) is 3.74. The Hall–Kier alpha value is -3.73. The van der Waals surface area contributed by atoms with Gasteiger partial charge in [-0.1, -0.05) is 27.4 Å². The summed E-state index contributed by atoms with van der Waals surface area (Å²) in [6, 6.07) is 8.94. The molecule has 1 atom stereocenters. The van der Waals surface area contributed by atoms with E-state index in [9.17, 15) is 0 Å². The first-order chi connectivity index (χ1) is 18.7. The Bertz CT molecular complexity index is 1770. The van der Waals surface area contributed by atoms with E-state index in [1.165, 1.54) is 33.4 Å². The first-order valence-corrected chi connectivity index (χ1v) is 14.4. The number of aromatic amines is 2. The van der Waals surface area contributed by atoms with E-state index in [0.717, 1.165) is 88.4 Å². The zero-order chi connectivity index (χ0) is 27.6. The molecule has 1 spiro atoms. The predicted octanol–water partition coefficient (Wildman–Crippen LogP) is 8.21. The number of nitrogens with zero attached hydrogens (tertiary/aromatic N) is 3. The second kappa shape index (κ2) is 9.18. The van der Waals surface area contributed by atoms with Crippen LogP contribution in [0.3, 0.4) is 0 Å². The fourth-order valence-corrected chi connectivity index (χ4v) is 7.02. The van der Waals surface area contributed by atoms with E-state index in [-0.39, 0.29) is 5.41 Å². The van der Waals surface area contributed by atoms with Crippen LogP contribution in [0.1, 0.15) is 92.5 Å². The average molecular weight is 518 g/mol. The van der Waals surface area contributed by atoms with Crippen molar-refractivity contribution in [1.29, 1.82) is 0 Å². The van der Waals surface area contributed by atoms with Crippen molar-refractivity contribution in [1.82, 2.24) is 19.9 Å². The maximum atomic E-state index is 5.26. The number of aliphatic imine (C=N–C) groups is 1. The van der Waals surface area contributed by atoms with Crippen LogP contribution in [0.25, 0.3) is 38.8 Å². The summed E-state index contributed by atoms with van der Waals surface area (Å²) < 4.78 is 0. The Kier molecular flexibility index (Phi) is 6.01. The Labute approximate surface area is 231 Å². The molecule has 8 bridgehead atoms. The molecular formula is C34H39N5. The minimum atomic E-state index is -0.350. The number of hydrogen-bond acceptors (Lipinski definition) is 3. The van der Waals surface area contributed by atoms with E-state index in [0.29, 0.717) is 0 Å². The molecule has 3 aliphatic heterocycles. The van der Waals surface area contributed by atoms with Crippen LogP contribution in [-0.2, 0) is 18.3 Å². The highest BCUT2D eigenvalue weighted by Gasteiger charge is 2.46. The topological polar surface area (TPSA) is 69.7 Å². The monoisotopic (exact) mass is 517 g/mol. The number of aromatic nitrogens is 4. The molecule has 0 amide bonds. The lowest BCUT2D eigenvalue weighted by molar-refractivity contribution is 0.717. The molecule has 3 aromatic heterocycles. The van der Waals surface area contributed by atoms with Gasteiger partial charge < -0.3 is 9.97 Å². The molecule has 3 aromatic rings. The number of fused-ring (bicyclic) bond motifs is 9. The fourth-order valence-electron chi connectivity index (χ4n) is 7.02. The summed E-state index contributed by atoms with van der Waals surface area (Å²) >= 11 is 0. The van der Waals surface area contributed by atoms with E-state index < -0.39 is 0 Å². The van der Waals surface area contributed by atoms with Crippen LogP contribution in [0.4, 0.5) is 0 Å². The molecule has 0 fully saturated rings. The van der Waals surface area contributed by atoms with E-state index >= 15 is 0 Å². The molecule has 200 valence electrons. The minimum Gasteiger partial charge on any atom is -0.355 e. The second-order valence-corrected chi connectivity index (χ2v) is 11.2. The van der Waals surface area contributed by atoms with Crippen LogP contribution < -0.4 is 0 Å². The predicted molar refractivity (Wildman–Crippen MR) is 165 cm³/mol. The summed E-state index contributed by atoms with van der Waals surface area (Å²) in [5.74, 6) is 0. The van der Waals surface area contributed by atoms with Crippen molar-refractivity contribution < 1.29 is 0 Å². The molecule has 0 radical (unpaired) electrons. The maximum absolute atomic E-state index is 5.26. The van der Waals surface area contributed by atoms with E-state index in [4.69, 9.17) is 15.0 Å². The Morgan fingerprint density at radius 1 is 0.744 bits per heavy atom. The van der Waals surface area contributed by atoms with Gasteiger partial charge in [-0.3, -0.25) is 9.98 Å². The summed E-state index contributed by atoms with van der Waals surface area (Å²) in [5.41, 5.74) is 18.1. The quantitative estimate of drug-likeness (QED) is 0.367. The lowest BCUT2D eigenvalue weighted by Gasteiger charge is -2.25. The molecule has 0 saturated carbocycles. The van der Waals surface area contributed by atoms with Gasteiger partial charge in [0.05, 0.1) is 28.2 Å². The van der Waals surface area contributed by atoms with Crippen molar-refractivity contribution in [3.8, 4) is 0 Å².